The first-order valence-corrected chi connectivity index (χ1v) is 10.9. The molecule has 0 bridgehead atoms. The molecule has 8 heteroatoms. The van der Waals surface area contributed by atoms with E-state index in [-0.39, 0.29) is 23.9 Å². The SMILES string of the molecule is O=C(NC[C@@H]1CC[C@H](CC(=O)N2Cc3ccccc3C2)N1CC1CC1)c1cn[nH]n1. The van der Waals surface area contributed by atoms with Crippen molar-refractivity contribution in [3.63, 3.8) is 0 Å². The molecule has 3 heterocycles. The number of aromatic amines is 1. The standard InChI is InChI=1S/C22H28N6O2/c29-21(27-13-16-3-1-2-4-17(16)14-27)9-18-7-8-19(28(18)12-15-5-6-15)10-23-22(30)20-11-24-26-25-20/h1-4,11,15,18-19H,5-10,12-14H2,(H,23,30)(H,24,25,26)/t18-,19+/m1/s1. The van der Waals surface area contributed by atoms with Crippen LogP contribution in [0.2, 0.25) is 0 Å². The van der Waals surface area contributed by atoms with Gasteiger partial charge in [-0.3, -0.25) is 14.5 Å². The summed E-state index contributed by atoms with van der Waals surface area (Å²) in [5.74, 6) is 0.777. The number of carbonyl (C=O) groups excluding carboxylic acids is 2. The maximum absolute atomic E-state index is 13.1. The Morgan fingerprint density at radius 3 is 2.47 bits per heavy atom. The Morgan fingerprint density at radius 2 is 1.80 bits per heavy atom. The third kappa shape index (κ3) is 4.09. The summed E-state index contributed by atoms with van der Waals surface area (Å²) in [6, 6.07) is 8.85. The highest BCUT2D eigenvalue weighted by Crippen LogP contribution is 2.36. The Kier molecular flexibility index (Phi) is 5.25. The van der Waals surface area contributed by atoms with Crippen molar-refractivity contribution in [3.05, 3.63) is 47.3 Å². The van der Waals surface area contributed by atoms with Gasteiger partial charge in [0.1, 0.15) is 0 Å². The fourth-order valence-electron chi connectivity index (χ4n) is 4.80. The van der Waals surface area contributed by atoms with E-state index in [2.05, 4.69) is 37.8 Å². The van der Waals surface area contributed by atoms with Gasteiger partial charge in [0.2, 0.25) is 5.91 Å². The van der Waals surface area contributed by atoms with Crippen LogP contribution in [0.15, 0.2) is 30.5 Å². The molecule has 1 saturated carbocycles. The number of likely N-dealkylation sites (tertiary alicyclic amines) is 1. The van der Waals surface area contributed by atoms with Crippen LogP contribution in [-0.4, -0.2) is 62.2 Å². The summed E-state index contributed by atoms with van der Waals surface area (Å²) in [5, 5.41) is 13.0. The second-order valence-electron chi connectivity index (χ2n) is 8.81. The lowest BCUT2D eigenvalue weighted by Crippen LogP contribution is -2.45. The van der Waals surface area contributed by atoms with Gasteiger partial charge in [0, 0.05) is 44.7 Å². The molecule has 2 aromatic rings. The lowest BCUT2D eigenvalue weighted by atomic mass is 10.1. The molecular formula is C22H28N6O2. The lowest BCUT2D eigenvalue weighted by molar-refractivity contribution is -0.133. The molecule has 2 atom stereocenters. The molecule has 30 heavy (non-hydrogen) atoms. The molecule has 5 rings (SSSR count). The van der Waals surface area contributed by atoms with Crippen molar-refractivity contribution in [2.75, 3.05) is 13.1 Å². The smallest absolute Gasteiger partial charge is 0.273 e. The van der Waals surface area contributed by atoms with Crippen molar-refractivity contribution < 1.29 is 9.59 Å². The number of aromatic nitrogens is 3. The number of amides is 2. The zero-order valence-corrected chi connectivity index (χ0v) is 17.1. The van der Waals surface area contributed by atoms with Crippen molar-refractivity contribution >= 4 is 11.8 Å². The molecule has 2 aliphatic heterocycles. The number of fused-ring (bicyclic) bond motifs is 1. The normalized spacial score (nSPS) is 23.5. The largest absolute Gasteiger partial charge is 0.349 e. The fraction of sp³-hybridized carbons (Fsp3) is 0.545. The summed E-state index contributed by atoms with van der Waals surface area (Å²) in [6.07, 6.45) is 6.55. The van der Waals surface area contributed by atoms with Crippen LogP contribution in [0.5, 0.6) is 0 Å². The molecule has 2 amide bonds. The third-order valence-corrected chi connectivity index (χ3v) is 6.69. The molecule has 0 spiro atoms. The van der Waals surface area contributed by atoms with E-state index >= 15 is 0 Å². The van der Waals surface area contributed by atoms with E-state index in [0.29, 0.717) is 18.7 Å². The molecule has 0 radical (unpaired) electrons. The predicted octanol–water partition coefficient (Wildman–Crippen LogP) is 1.71. The zero-order valence-electron chi connectivity index (χ0n) is 17.1. The minimum absolute atomic E-state index is 0.204. The van der Waals surface area contributed by atoms with Crippen molar-refractivity contribution in [2.45, 2.75) is 57.3 Å². The van der Waals surface area contributed by atoms with Crippen molar-refractivity contribution in [1.29, 1.82) is 0 Å². The Balaban J connectivity index is 1.19. The quantitative estimate of drug-likeness (QED) is 0.727. The molecule has 1 aromatic carbocycles. The first-order valence-electron chi connectivity index (χ1n) is 10.9. The van der Waals surface area contributed by atoms with Gasteiger partial charge in [-0.1, -0.05) is 24.3 Å². The van der Waals surface area contributed by atoms with Gasteiger partial charge < -0.3 is 10.2 Å². The summed E-state index contributed by atoms with van der Waals surface area (Å²) in [6.45, 7) is 3.06. The highest BCUT2D eigenvalue weighted by Gasteiger charge is 2.39. The van der Waals surface area contributed by atoms with E-state index in [0.717, 1.165) is 38.4 Å². The molecule has 158 valence electrons. The van der Waals surface area contributed by atoms with E-state index in [1.54, 1.807) is 0 Å². The van der Waals surface area contributed by atoms with E-state index in [1.165, 1.54) is 30.2 Å². The summed E-state index contributed by atoms with van der Waals surface area (Å²) in [5.41, 5.74) is 2.84. The van der Waals surface area contributed by atoms with Gasteiger partial charge in [-0.15, -0.1) is 0 Å². The summed E-state index contributed by atoms with van der Waals surface area (Å²) >= 11 is 0. The predicted molar refractivity (Wildman–Crippen MR) is 110 cm³/mol. The molecule has 3 aliphatic rings. The van der Waals surface area contributed by atoms with Crippen LogP contribution >= 0.6 is 0 Å². The second-order valence-corrected chi connectivity index (χ2v) is 8.81. The number of benzene rings is 1. The molecular weight excluding hydrogens is 380 g/mol. The summed E-state index contributed by atoms with van der Waals surface area (Å²) < 4.78 is 0. The van der Waals surface area contributed by atoms with Gasteiger partial charge in [-0.05, 0) is 42.7 Å². The first-order chi connectivity index (χ1) is 14.7. The Labute approximate surface area is 176 Å². The van der Waals surface area contributed by atoms with Crippen LogP contribution in [0, 0.1) is 5.92 Å². The molecule has 2 N–H and O–H groups in total. The number of hydrogen-bond acceptors (Lipinski definition) is 5. The monoisotopic (exact) mass is 408 g/mol. The van der Waals surface area contributed by atoms with E-state index < -0.39 is 0 Å². The fourth-order valence-corrected chi connectivity index (χ4v) is 4.80. The number of rotatable bonds is 7. The van der Waals surface area contributed by atoms with Gasteiger partial charge in [-0.2, -0.15) is 15.4 Å². The van der Waals surface area contributed by atoms with Crippen molar-refractivity contribution in [3.8, 4) is 0 Å². The van der Waals surface area contributed by atoms with Crippen molar-refractivity contribution in [2.24, 2.45) is 5.92 Å². The minimum atomic E-state index is -0.204. The summed E-state index contributed by atoms with van der Waals surface area (Å²) in [4.78, 5) is 29.8. The van der Waals surface area contributed by atoms with Crippen molar-refractivity contribution in [1.82, 2.24) is 30.5 Å². The number of hydrogen-bond donors (Lipinski definition) is 2. The highest BCUT2D eigenvalue weighted by atomic mass is 16.2. The molecule has 1 aromatic heterocycles. The zero-order chi connectivity index (χ0) is 20.5. The van der Waals surface area contributed by atoms with Crippen LogP contribution in [0.3, 0.4) is 0 Å². The topological polar surface area (TPSA) is 94.2 Å². The second kappa shape index (κ2) is 8.18. The first kappa shape index (κ1) is 19.2. The maximum Gasteiger partial charge on any atom is 0.273 e. The minimum Gasteiger partial charge on any atom is -0.349 e. The molecule has 8 nitrogen and oxygen atoms in total. The summed E-state index contributed by atoms with van der Waals surface area (Å²) in [7, 11) is 0. The highest BCUT2D eigenvalue weighted by molar-refractivity contribution is 5.91. The molecule has 0 unspecified atom stereocenters. The van der Waals surface area contributed by atoms with Crippen LogP contribution in [-0.2, 0) is 17.9 Å². The van der Waals surface area contributed by atoms with Crippen LogP contribution < -0.4 is 5.32 Å². The van der Waals surface area contributed by atoms with Gasteiger partial charge in [0.05, 0.1) is 6.20 Å². The van der Waals surface area contributed by atoms with Gasteiger partial charge >= 0.3 is 0 Å². The Bertz CT molecular complexity index is 885. The molecule has 1 saturated heterocycles. The maximum atomic E-state index is 13.1. The number of nitrogens with one attached hydrogen (secondary N) is 2. The van der Waals surface area contributed by atoms with Gasteiger partial charge in [0.15, 0.2) is 5.69 Å². The van der Waals surface area contributed by atoms with Crippen LogP contribution in [0.25, 0.3) is 0 Å². The van der Waals surface area contributed by atoms with Gasteiger partial charge in [0.25, 0.3) is 5.91 Å². The van der Waals surface area contributed by atoms with Crippen LogP contribution in [0.1, 0.15) is 53.7 Å². The lowest BCUT2D eigenvalue weighted by Gasteiger charge is -2.31. The van der Waals surface area contributed by atoms with Gasteiger partial charge in [-0.25, -0.2) is 0 Å². The average molecular weight is 409 g/mol. The van der Waals surface area contributed by atoms with E-state index in [9.17, 15) is 9.59 Å². The van der Waals surface area contributed by atoms with E-state index in [1.807, 2.05) is 17.0 Å². The number of carbonyl (C=O) groups is 2. The average Bonchev–Trinajstić information content (AvgIpc) is 3.13. The van der Waals surface area contributed by atoms with E-state index in [4.69, 9.17) is 0 Å². The number of nitrogens with zero attached hydrogens (tertiary/aromatic N) is 4. The molecule has 1 aliphatic carbocycles. The Morgan fingerprint density at radius 1 is 1.07 bits per heavy atom. The van der Waals surface area contributed by atoms with Crippen LogP contribution in [0.4, 0.5) is 0 Å². The Hall–Kier alpha value is -2.74. The number of H-pyrrole nitrogens is 1. The molecule has 2 fully saturated rings. The third-order valence-electron chi connectivity index (χ3n) is 6.69.